The molecule has 1 aromatic carbocycles. The summed E-state index contributed by atoms with van der Waals surface area (Å²) in [7, 11) is 0. The summed E-state index contributed by atoms with van der Waals surface area (Å²) in [6.07, 6.45) is 3.73. The van der Waals surface area contributed by atoms with Crippen LogP contribution in [0.2, 0.25) is 0 Å². The lowest BCUT2D eigenvalue weighted by Gasteiger charge is -2.36. The summed E-state index contributed by atoms with van der Waals surface area (Å²) < 4.78 is 2.17. The summed E-state index contributed by atoms with van der Waals surface area (Å²) in [5.41, 5.74) is 4.48. The van der Waals surface area contributed by atoms with Crippen LogP contribution in [0.4, 0.5) is 5.82 Å². The first-order valence-corrected chi connectivity index (χ1v) is 8.28. The van der Waals surface area contributed by atoms with Gasteiger partial charge in [0.2, 0.25) is 0 Å². The normalized spacial score (nSPS) is 18.5. The molecule has 3 aromatic rings. The van der Waals surface area contributed by atoms with Crippen LogP contribution in [0.5, 0.6) is 0 Å². The van der Waals surface area contributed by atoms with Crippen LogP contribution < -0.4 is 4.90 Å². The standard InChI is InChI=1S/C19H20N4/c1-13-11-18(22-10-6-5-7-14(22)2)23-17-9-4-3-8-16(17)21-19(23)15(13)12-20/h3-4,8-9,11,14H,5-7,10H2,1-2H3/t14-/m0/s1. The van der Waals surface area contributed by atoms with Gasteiger partial charge in [0.1, 0.15) is 11.9 Å². The molecule has 1 fully saturated rings. The van der Waals surface area contributed by atoms with Crippen molar-refractivity contribution in [2.24, 2.45) is 0 Å². The van der Waals surface area contributed by atoms with Gasteiger partial charge in [-0.25, -0.2) is 4.98 Å². The average molecular weight is 304 g/mol. The molecule has 116 valence electrons. The fourth-order valence-corrected chi connectivity index (χ4v) is 3.72. The Balaban J connectivity index is 2.09. The second-order valence-corrected chi connectivity index (χ2v) is 6.47. The van der Waals surface area contributed by atoms with Crippen molar-refractivity contribution in [1.82, 2.24) is 9.38 Å². The SMILES string of the molecule is Cc1cc(N2CCCC[C@@H]2C)n2c(nc3ccccc32)c1C#N. The first-order chi connectivity index (χ1) is 11.2. The van der Waals surface area contributed by atoms with Gasteiger partial charge >= 0.3 is 0 Å². The van der Waals surface area contributed by atoms with E-state index in [0.717, 1.165) is 34.6 Å². The molecule has 3 heterocycles. The quantitative estimate of drug-likeness (QED) is 0.681. The molecule has 23 heavy (non-hydrogen) atoms. The minimum Gasteiger partial charge on any atom is -0.355 e. The largest absolute Gasteiger partial charge is 0.355 e. The highest BCUT2D eigenvalue weighted by Crippen LogP contribution is 2.31. The predicted octanol–water partition coefficient (Wildman–Crippen LogP) is 4.05. The fourth-order valence-electron chi connectivity index (χ4n) is 3.72. The van der Waals surface area contributed by atoms with Crippen LogP contribution in [0.25, 0.3) is 16.7 Å². The van der Waals surface area contributed by atoms with Gasteiger partial charge in [0, 0.05) is 12.6 Å². The number of imidazole rings is 1. The summed E-state index contributed by atoms with van der Waals surface area (Å²) in [6.45, 7) is 5.36. The molecule has 4 rings (SSSR count). The summed E-state index contributed by atoms with van der Waals surface area (Å²) >= 11 is 0. The van der Waals surface area contributed by atoms with E-state index in [1.807, 2.05) is 25.1 Å². The third-order valence-corrected chi connectivity index (χ3v) is 4.96. The van der Waals surface area contributed by atoms with Crippen LogP contribution >= 0.6 is 0 Å². The Kier molecular flexibility index (Phi) is 3.23. The Morgan fingerprint density at radius 2 is 2.09 bits per heavy atom. The highest BCUT2D eigenvalue weighted by Gasteiger charge is 2.23. The van der Waals surface area contributed by atoms with Crippen molar-refractivity contribution >= 4 is 22.5 Å². The number of fused-ring (bicyclic) bond motifs is 3. The molecule has 1 aliphatic rings. The topological polar surface area (TPSA) is 44.3 Å². The van der Waals surface area contributed by atoms with E-state index in [9.17, 15) is 5.26 Å². The number of nitriles is 1. The molecule has 1 atom stereocenters. The maximum Gasteiger partial charge on any atom is 0.157 e. The summed E-state index contributed by atoms with van der Waals surface area (Å²) in [5, 5.41) is 9.58. The molecular weight excluding hydrogens is 284 g/mol. The molecule has 1 saturated heterocycles. The van der Waals surface area contributed by atoms with Crippen molar-refractivity contribution in [1.29, 1.82) is 5.26 Å². The number of rotatable bonds is 1. The average Bonchev–Trinajstić information content (AvgIpc) is 2.94. The van der Waals surface area contributed by atoms with Crippen molar-refractivity contribution in [2.45, 2.75) is 39.2 Å². The van der Waals surface area contributed by atoms with E-state index in [1.54, 1.807) is 0 Å². The number of aromatic nitrogens is 2. The molecule has 1 aliphatic heterocycles. The van der Waals surface area contributed by atoms with Crippen LogP contribution in [-0.2, 0) is 0 Å². The number of aryl methyl sites for hydroxylation is 1. The van der Waals surface area contributed by atoms with Gasteiger partial charge in [0.15, 0.2) is 5.65 Å². The fraction of sp³-hybridized carbons (Fsp3) is 0.368. The maximum absolute atomic E-state index is 9.58. The van der Waals surface area contributed by atoms with Gasteiger partial charge in [-0.05, 0) is 56.9 Å². The monoisotopic (exact) mass is 304 g/mol. The molecule has 0 amide bonds. The summed E-state index contributed by atoms with van der Waals surface area (Å²) in [4.78, 5) is 7.21. The van der Waals surface area contributed by atoms with Crippen LogP contribution in [0.15, 0.2) is 30.3 Å². The molecule has 0 saturated carbocycles. The van der Waals surface area contributed by atoms with Gasteiger partial charge in [-0.3, -0.25) is 4.40 Å². The molecule has 4 heteroatoms. The number of hydrogen-bond donors (Lipinski definition) is 0. The Labute approximate surface area is 136 Å². The Morgan fingerprint density at radius 1 is 1.26 bits per heavy atom. The third kappa shape index (κ3) is 2.08. The van der Waals surface area contributed by atoms with Gasteiger partial charge < -0.3 is 4.90 Å². The minimum atomic E-state index is 0.514. The van der Waals surface area contributed by atoms with Crippen LogP contribution in [0.1, 0.15) is 37.3 Å². The first kappa shape index (κ1) is 14.1. The smallest absolute Gasteiger partial charge is 0.157 e. The summed E-state index contributed by atoms with van der Waals surface area (Å²) in [6, 6.07) is 13.1. The highest BCUT2D eigenvalue weighted by molar-refractivity contribution is 5.85. The van der Waals surface area contributed by atoms with Gasteiger partial charge in [0.25, 0.3) is 0 Å². The summed E-state index contributed by atoms with van der Waals surface area (Å²) in [5.74, 6) is 1.16. The number of hydrogen-bond acceptors (Lipinski definition) is 3. The molecule has 0 radical (unpaired) electrons. The van der Waals surface area contributed by atoms with E-state index in [4.69, 9.17) is 4.98 Å². The number of nitrogens with zero attached hydrogens (tertiary/aromatic N) is 4. The van der Waals surface area contributed by atoms with E-state index < -0.39 is 0 Å². The van der Waals surface area contributed by atoms with Gasteiger partial charge in [-0.2, -0.15) is 5.26 Å². The molecule has 0 unspecified atom stereocenters. The van der Waals surface area contributed by atoms with Gasteiger partial charge in [0.05, 0.1) is 16.6 Å². The number of benzene rings is 1. The van der Waals surface area contributed by atoms with Gasteiger partial charge in [-0.15, -0.1) is 0 Å². The van der Waals surface area contributed by atoms with Gasteiger partial charge in [-0.1, -0.05) is 12.1 Å². The Morgan fingerprint density at radius 3 is 2.87 bits per heavy atom. The van der Waals surface area contributed by atoms with Crippen LogP contribution in [0, 0.1) is 18.3 Å². The second-order valence-electron chi connectivity index (χ2n) is 6.47. The van der Waals surface area contributed by atoms with Crippen LogP contribution in [-0.4, -0.2) is 22.0 Å². The van der Waals surface area contributed by atoms with Crippen molar-refractivity contribution in [3.8, 4) is 6.07 Å². The molecular formula is C19H20N4. The molecule has 0 spiro atoms. The van der Waals surface area contributed by atoms with E-state index in [1.165, 1.54) is 19.3 Å². The molecule has 0 N–H and O–H groups in total. The van der Waals surface area contributed by atoms with E-state index in [-0.39, 0.29) is 0 Å². The lowest BCUT2D eigenvalue weighted by atomic mass is 10.0. The Hall–Kier alpha value is -2.54. The van der Waals surface area contributed by atoms with E-state index >= 15 is 0 Å². The zero-order chi connectivity index (χ0) is 16.0. The van der Waals surface area contributed by atoms with Crippen LogP contribution in [0.3, 0.4) is 0 Å². The number of para-hydroxylation sites is 2. The molecule has 2 aromatic heterocycles. The number of anilines is 1. The third-order valence-electron chi connectivity index (χ3n) is 4.96. The lowest BCUT2D eigenvalue weighted by Crippen LogP contribution is -2.38. The molecule has 4 nitrogen and oxygen atoms in total. The predicted molar refractivity (Wildman–Crippen MR) is 92.8 cm³/mol. The molecule has 0 bridgehead atoms. The van der Waals surface area contributed by atoms with Crippen molar-refractivity contribution < 1.29 is 0 Å². The zero-order valence-electron chi connectivity index (χ0n) is 13.6. The first-order valence-electron chi connectivity index (χ1n) is 8.28. The van der Waals surface area contributed by atoms with Crippen molar-refractivity contribution in [2.75, 3.05) is 11.4 Å². The number of piperidine rings is 1. The Bertz CT molecular complexity index is 932. The zero-order valence-corrected chi connectivity index (χ0v) is 13.6. The highest BCUT2D eigenvalue weighted by atomic mass is 15.3. The second kappa shape index (κ2) is 5.27. The molecule has 0 aliphatic carbocycles. The van der Waals surface area contributed by atoms with E-state index in [2.05, 4.69) is 34.4 Å². The minimum absolute atomic E-state index is 0.514. The maximum atomic E-state index is 9.58. The van der Waals surface area contributed by atoms with Crippen molar-refractivity contribution in [3.63, 3.8) is 0 Å². The lowest BCUT2D eigenvalue weighted by molar-refractivity contribution is 0.480. The van der Waals surface area contributed by atoms with E-state index in [0.29, 0.717) is 11.6 Å². The van der Waals surface area contributed by atoms with Crippen molar-refractivity contribution in [3.05, 3.63) is 41.5 Å². The number of pyridine rings is 1.